The second-order valence-electron chi connectivity index (χ2n) is 13.0. The normalized spacial score (nSPS) is 12.0. The van der Waals surface area contributed by atoms with E-state index in [1.165, 1.54) is 44.1 Å². The fourth-order valence-corrected chi connectivity index (χ4v) is 6.68. The molecule has 8 rings (SSSR count). The average molecular weight is 582 g/mol. The zero-order chi connectivity index (χ0) is 30.7. The quantitative estimate of drug-likeness (QED) is 0.203. The Hall–Kier alpha value is -5.41. The van der Waals surface area contributed by atoms with Crippen LogP contribution in [-0.4, -0.2) is 14.1 Å². The Bertz CT molecular complexity index is 2310. The van der Waals surface area contributed by atoms with Gasteiger partial charge in [0.2, 0.25) is 0 Å². The molecule has 2 heterocycles. The Balaban J connectivity index is 1.28. The van der Waals surface area contributed by atoms with Crippen LogP contribution in [0.1, 0.15) is 31.9 Å². The van der Waals surface area contributed by atoms with Gasteiger partial charge in [0.25, 0.3) is 0 Å². The first kappa shape index (κ1) is 27.2. The fourth-order valence-electron chi connectivity index (χ4n) is 6.68. The van der Waals surface area contributed by atoms with E-state index in [1.807, 2.05) is 0 Å². The van der Waals surface area contributed by atoms with Crippen molar-refractivity contribution in [3.63, 3.8) is 0 Å². The van der Waals surface area contributed by atoms with Crippen LogP contribution in [0.15, 0.2) is 140 Å². The number of aromatic nitrogens is 3. The second kappa shape index (κ2) is 10.3. The predicted molar refractivity (Wildman–Crippen MR) is 190 cm³/mol. The van der Waals surface area contributed by atoms with Crippen LogP contribution in [0.4, 0.5) is 0 Å². The van der Waals surface area contributed by atoms with Crippen LogP contribution in [0, 0.1) is 6.92 Å². The molecular formula is C42H35N3. The molecule has 0 atom stereocenters. The summed E-state index contributed by atoms with van der Waals surface area (Å²) in [5.41, 5.74) is 12.9. The highest BCUT2D eigenvalue weighted by Crippen LogP contribution is 2.36. The van der Waals surface area contributed by atoms with Crippen molar-refractivity contribution >= 4 is 32.8 Å². The standard InChI is InChI=1S/C42H35N3/c1-28-20-21-30(41-43-37-16-7-10-19-40(37)45(41)32-24-22-31(23-25-32)42(2,3)4)27-36(28)29-12-11-13-33(26-29)44-38-17-8-5-14-34(38)35-15-6-9-18-39(35)44/h5-27H,1-4H3. The van der Waals surface area contributed by atoms with Gasteiger partial charge in [-0.05, 0) is 89.2 Å². The summed E-state index contributed by atoms with van der Waals surface area (Å²) >= 11 is 0. The van der Waals surface area contributed by atoms with Gasteiger partial charge in [0, 0.05) is 27.7 Å². The highest BCUT2D eigenvalue weighted by atomic mass is 15.1. The van der Waals surface area contributed by atoms with Gasteiger partial charge in [-0.15, -0.1) is 0 Å². The predicted octanol–water partition coefficient (Wildman–Crippen LogP) is 11.1. The third-order valence-electron chi connectivity index (χ3n) is 9.04. The Morgan fingerprint density at radius 1 is 0.511 bits per heavy atom. The van der Waals surface area contributed by atoms with E-state index >= 15 is 0 Å². The van der Waals surface area contributed by atoms with Crippen LogP contribution in [-0.2, 0) is 5.41 Å². The van der Waals surface area contributed by atoms with Crippen molar-refractivity contribution in [2.24, 2.45) is 0 Å². The molecule has 0 N–H and O–H groups in total. The van der Waals surface area contributed by atoms with Crippen LogP contribution >= 0.6 is 0 Å². The van der Waals surface area contributed by atoms with E-state index in [4.69, 9.17) is 4.98 Å². The molecule has 0 unspecified atom stereocenters. The van der Waals surface area contributed by atoms with Gasteiger partial charge < -0.3 is 4.57 Å². The summed E-state index contributed by atoms with van der Waals surface area (Å²) in [4.78, 5) is 5.18. The summed E-state index contributed by atoms with van der Waals surface area (Å²) in [6.07, 6.45) is 0. The van der Waals surface area contributed by atoms with Crippen molar-refractivity contribution in [1.29, 1.82) is 0 Å². The molecule has 45 heavy (non-hydrogen) atoms. The van der Waals surface area contributed by atoms with E-state index in [9.17, 15) is 0 Å². The van der Waals surface area contributed by atoms with Gasteiger partial charge in [0.05, 0.1) is 22.1 Å². The maximum Gasteiger partial charge on any atom is 0.145 e. The lowest BCUT2D eigenvalue weighted by Crippen LogP contribution is -2.11. The molecule has 0 fully saturated rings. The molecule has 0 saturated carbocycles. The summed E-state index contributed by atoms with van der Waals surface area (Å²) in [7, 11) is 0. The van der Waals surface area contributed by atoms with Crippen molar-refractivity contribution in [2.75, 3.05) is 0 Å². The van der Waals surface area contributed by atoms with Gasteiger partial charge >= 0.3 is 0 Å². The van der Waals surface area contributed by atoms with Gasteiger partial charge in [-0.2, -0.15) is 0 Å². The number of benzene rings is 6. The first-order chi connectivity index (χ1) is 21.9. The first-order valence-electron chi connectivity index (χ1n) is 15.7. The Morgan fingerprint density at radius 3 is 1.84 bits per heavy atom. The van der Waals surface area contributed by atoms with Gasteiger partial charge in [-0.25, -0.2) is 4.98 Å². The van der Waals surface area contributed by atoms with Crippen molar-refractivity contribution < 1.29 is 0 Å². The fraction of sp³-hybridized carbons (Fsp3) is 0.119. The molecule has 0 aliphatic heterocycles. The van der Waals surface area contributed by atoms with E-state index in [1.54, 1.807) is 0 Å². The Labute approximate surface area is 264 Å². The van der Waals surface area contributed by atoms with Crippen molar-refractivity contribution in [3.05, 3.63) is 151 Å². The van der Waals surface area contributed by atoms with Crippen molar-refractivity contribution in [3.8, 4) is 33.9 Å². The van der Waals surface area contributed by atoms with Crippen LogP contribution in [0.3, 0.4) is 0 Å². The molecule has 0 bridgehead atoms. The summed E-state index contributed by atoms with van der Waals surface area (Å²) in [6, 6.07) is 50.4. The average Bonchev–Trinajstić information content (AvgIpc) is 3.61. The number of para-hydroxylation sites is 4. The summed E-state index contributed by atoms with van der Waals surface area (Å²) in [6.45, 7) is 8.96. The van der Waals surface area contributed by atoms with Crippen LogP contribution in [0.5, 0.6) is 0 Å². The SMILES string of the molecule is Cc1ccc(-c2nc3ccccc3n2-c2ccc(C(C)(C)C)cc2)cc1-c1cccc(-n2c3ccccc3c3ccccc32)c1. The largest absolute Gasteiger partial charge is 0.309 e. The topological polar surface area (TPSA) is 22.8 Å². The Kier molecular flexibility index (Phi) is 6.25. The summed E-state index contributed by atoms with van der Waals surface area (Å²) in [5, 5.41) is 2.54. The first-order valence-corrected chi connectivity index (χ1v) is 15.7. The molecule has 0 aliphatic rings. The minimum Gasteiger partial charge on any atom is -0.309 e. The van der Waals surface area contributed by atoms with E-state index in [0.29, 0.717) is 0 Å². The summed E-state index contributed by atoms with van der Waals surface area (Å²) < 4.78 is 4.68. The molecule has 6 aromatic carbocycles. The van der Waals surface area contributed by atoms with Crippen molar-refractivity contribution in [2.45, 2.75) is 33.1 Å². The molecule has 0 radical (unpaired) electrons. The second-order valence-corrected chi connectivity index (χ2v) is 13.0. The van der Waals surface area contributed by atoms with E-state index in [-0.39, 0.29) is 5.41 Å². The lowest BCUT2D eigenvalue weighted by molar-refractivity contribution is 0.590. The van der Waals surface area contributed by atoms with Crippen molar-refractivity contribution in [1.82, 2.24) is 14.1 Å². The zero-order valence-electron chi connectivity index (χ0n) is 26.1. The minimum absolute atomic E-state index is 0.0952. The van der Waals surface area contributed by atoms with E-state index in [2.05, 4.69) is 176 Å². The molecule has 0 saturated heterocycles. The number of nitrogens with zero attached hydrogens (tertiary/aromatic N) is 3. The van der Waals surface area contributed by atoms with E-state index in [0.717, 1.165) is 33.8 Å². The monoisotopic (exact) mass is 581 g/mol. The van der Waals surface area contributed by atoms with E-state index < -0.39 is 0 Å². The lowest BCUT2D eigenvalue weighted by atomic mass is 9.87. The Morgan fingerprint density at radius 2 is 1.16 bits per heavy atom. The maximum absolute atomic E-state index is 5.18. The lowest BCUT2D eigenvalue weighted by Gasteiger charge is -2.20. The zero-order valence-corrected chi connectivity index (χ0v) is 26.1. The number of imidazole rings is 1. The van der Waals surface area contributed by atoms with Gasteiger partial charge in [-0.1, -0.05) is 106 Å². The molecule has 0 amide bonds. The number of hydrogen-bond donors (Lipinski definition) is 0. The number of hydrogen-bond acceptors (Lipinski definition) is 1. The highest BCUT2D eigenvalue weighted by molar-refractivity contribution is 6.09. The molecule has 0 spiro atoms. The highest BCUT2D eigenvalue weighted by Gasteiger charge is 2.18. The van der Waals surface area contributed by atoms with Crippen LogP contribution in [0.2, 0.25) is 0 Å². The minimum atomic E-state index is 0.0952. The molecule has 2 aromatic heterocycles. The molecule has 8 aromatic rings. The molecular weight excluding hydrogens is 546 g/mol. The third kappa shape index (κ3) is 4.55. The third-order valence-corrected chi connectivity index (χ3v) is 9.04. The molecule has 3 nitrogen and oxygen atoms in total. The van der Waals surface area contributed by atoms with Crippen LogP contribution < -0.4 is 0 Å². The van der Waals surface area contributed by atoms with Gasteiger partial charge in [0.1, 0.15) is 5.82 Å². The maximum atomic E-state index is 5.18. The molecule has 0 aliphatic carbocycles. The van der Waals surface area contributed by atoms with Gasteiger partial charge in [0.15, 0.2) is 0 Å². The number of fused-ring (bicyclic) bond motifs is 4. The molecule has 3 heteroatoms. The smallest absolute Gasteiger partial charge is 0.145 e. The van der Waals surface area contributed by atoms with Gasteiger partial charge in [-0.3, -0.25) is 4.57 Å². The van der Waals surface area contributed by atoms with Crippen LogP contribution in [0.25, 0.3) is 66.7 Å². The number of rotatable bonds is 4. The summed E-state index contributed by atoms with van der Waals surface area (Å²) in [5.74, 6) is 0.944. The molecule has 218 valence electrons. The number of aryl methyl sites for hydroxylation is 1.